The van der Waals surface area contributed by atoms with Crippen LogP contribution >= 0.6 is 0 Å². The van der Waals surface area contributed by atoms with Gasteiger partial charge in [-0.05, 0) is 99.5 Å². The lowest BCUT2D eigenvalue weighted by Gasteiger charge is -2.29. The highest BCUT2D eigenvalue weighted by Crippen LogP contribution is 2.56. The molecule has 0 N–H and O–H groups in total. The average molecular weight is 720 g/mol. The molecule has 10 aromatic rings. The van der Waals surface area contributed by atoms with E-state index < -0.39 is 0 Å². The van der Waals surface area contributed by atoms with Crippen molar-refractivity contribution in [3.8, 4) is 22.3 Å². The smallest absolute Gasteiger partial charge is 0.159 e. The normalized spacial score (nSPS) is 14.6. The molecule has 56 heavy (non-hydrogen) atoms. The number of fused-ring (bicyclic) bond motifs is 12. The van der Waals surface area contributed by atoms with Gasteiger partial charge in [0.2, 0.25) is 0 Å². The van der Waals surface area contributed by atoms with Crippen LogP contribution in [0.5, 0.6) is 0 Å². The summed E-state index contributed by atoms with van der Waals surface area (Å²) in [6.45, 7) is 7.07. The van der Waals surface area contributed by atoms with E-state index in [1.54, 1.807) is 0 Å². The zero-order valence-corrected chi connectivity index (χ0v) is 31.4. The molecule has 0 spiro atoms. The summed E-state index contributed by atoms with van der Waals surface area (Å²) in [7, 11) is 0. The summed E-state index contributed by atoms with van der Waals surface area (Å²) in [5, 5.41) is 4.47. The first kappa shape index (κ1) is 31.5. The second-order valence-electron chi connectivity index (χ2n) is 16.2. The Morgan fingerprint density at radius 3 is 1.73 bits per heavy atom. The number of nitrogens with zero attached hydrogens (tertiary/aromatic N) is 1. The topological polar surface area (TPSA) is 29.5 Å². The van der Waals surface area contributed by atoms with Gasteiger partial charge in [0.05, 0.1) is 11.4 Å². The molecule has 0 saturated carbocycles. The van der Waals surface area contributed by atoms with Crippen LogP contribution in [0.3, 0.4) is 0 Å². The van der Waals surface area contributed by atoms with Crippen LogP contribution in [-0.2, 0) is 10.8 Å². The van der Waals surface area contributed by atoms with Crippen LogP contribution in [0, 0.1) is 0 Å². The van der Waals surface area contributed by atoms with E-state index in [0.717, 1.165) is 60.9 Å². The molecular formula is C53H37NO2. The minimum Gasteiger partial charge on any atom is -0.456 e. The maximum atomic E-state index is 7.08. The van der Waals surface area contributed by atoms with E-state index in [4.69, 9.17) is 8.83 Å². The van der Waals surface area contributed by atoms with E-state index >= 15 is 0 Å². The third-order valence-electron chi connectivity index (χ3n) is 12.9. The summed E-state index contributed by atoms with van der Waals surface area (Å²) >= 11 is 0. The summed E-state index contributed by atoms with van der Waals surface area (Å²) in [5.74, 6) is 0. The van der Waals surface area contributed by atoms with Crippen molar-refractivity contribution in [2.75, 3.05) is 4.90 Å². The number of hydrogen-bond acceptors (Lipinski definition) is 3. The highest BCUT2D eigenvalue weighted by atomic mass is 16.3. The quantitative estimate of drug-likeness (QED) is 0.181. The molecule has 12 rings (SSSR count). The SMILES string of the molecule is CC1(C)c2ccccc2-c2ccc(N(c3ccc4c(c3)oc3ccccc34)c3cccc4c3oc3cccc(C5(C)c6ccccc6-c6ccccc65)c34)cc21. The number of furan rings is 2. The van der Waals surface area contributed by atoms with Gasteiger partial charge in [0.1, 0.15) is 16.7 Å². The molecule has 0 saturated heterocycles. The Kier molecular flexibility index (Phi) is 6.25. The predicted molar refractivity (Wildman–Crippen MR) is 231 cm³/mol. The molecule has 3 heteroatoms. The molecule has 2 aromatic heterocycles. The van der Waals surface area contributed by atoms with Crippen molar-refractivity contribution in [3.05, 3.63) is 198 Å². The first-order chi connectivity index (χ1) is 27.4. The van der Waals surface area contributed by atoms with E-state index in [-0.39, 0.29) is 10.8 Å². The summed E-state index contributed by atoms with van der Waals surface area (Å²) < 4.78 is 13.6. The standard InChI is InChI=1S/C53H37NO2/c1-52(2)41-19-8-4-14-34(41)37-28-26-32(30-45(37)52)54(33-27-29-39-38-17-7-11-24-47(38)55-49(39)31-33)46-23-12-18-40-50-44(22-13-25-48(50)56-51(40)46)53(3)42-20-9-5-15-35(42)36-16-6-10-21-43(36)53/h4-31H,1-3H3. The van der Waals surface area contributed by atoms with Crippen molar-refractivity contribution >= 4 is 60.9 Å². The minimum absolute atomic E-state index is 0.153. The van der Waals surface area contributed by atoms with Gasteiger partial charge < -0.3 is 13.7 Å². The fourth-order valence-corrected chi connectivity index (χ4v) is 10.3. The van der Waals surface area contributed by atoms with Crippen LogP contribution in [0.25, 0.3) is 66.1 Å². The molecule has 0 fully saturated rings. The van der Waals surface area contributed by atoms with Crippen LogP contribution in [0.2, 0.25) is 0 Å². The highest BCUT2D eigenvalue weighted by Gasteiger charge is 2.42. The Balaban J connectivity index is 1.12. The van der Waals surface area contributed by atoms with Gasteiger partial charge in [0, 0.05) is 44.1 Å². The Bertz CT molecular complexity index is 3220. The van der Waals surface area contributed by atoms with E-state index in [0.29, 0.717) is 0 Å². The first-order valence-corrected chi connectivity index (χ1v) is 19.5. The predicted octanol–water partition coefficient (Wildman–Crippen LogP) is 14.6. The van der Waals surface area contributed by atoms with Gasteiger partial charge >= 0.3 is 0 Å². The van der Waals surface area contributed by atoms with Gasteiger partial charge in [-0.25, -0.2) is 0 Å². The van der Waals surface area contributed by atoms with Crippen molar-refractivity contribution in [1.29, 1.82) is 0 Å². The summed E-state index contributed by atoms with van der Waals surface area (Å²) in [6, 6.07) is 61.6. The van der Waals surface area contributed by atoms with Gasteiger partial charge in [0.25, 0.3) is 0 Å². The zero-order chi connectivity index (χ0) is 37.3. The lowest BCUT2D eigenvalue weighted by Crippen LogP contribution is -2.22. The summed E-state index contributed by atoms with van der Waals surface area (Å²) in [5.41, 5.74) is 17.8. The van der Waals surface area contributed by atoms with E-state index in [9.17, 15) is 0 Å². The molecule has 2 aliphatic carbocycles. The largest absolute Gasteiger partial charge is 0.456 e. The molecule has 8 aromatic carbocycles. The van der Waals surface area contributed by atoms with Gasteiger partial charge in [0.15, 0.2) is 5.58 Å². The van der Waals surface area contributed by atoms with Crippen molar-refractivity contribution in [2.45, 2.75) is 31.6 Å². The second-order valence-corrected chi connectivity index (χ2v) is 16.2. The number of para-hydroxylation sites is 2. The van der Waals surface area contributed by atoms with E-state index in [1.807, 2.05) is 12.1 Å². The van der Waals surface area contributed by atoms with Gasteiger partial charge in [-0.1, -0.05) is 135 Å². The molecule has 0 atom stereocenters. The molecule has 0 radical (unpaired) electrons. The lowest BCUT2D eigenvalue weighted by molar-refractivity contribution is 0.660. The Morgan fingerprint density at radius 1 is 0.393 bits per heavy atom. The minimum atomic E-state index is -0.369. The van der Waals surface area contributed by atoms with E-state index in [1.165, 1.54) is 50.1 Å². The summed E-state index contributed by atoms with van der Waals surface area (Å²) in [6.07, 6.45) is 0. The number of benzene rings is 8. The zero-order valence-electron chi connectivity index (χ0n) is 31.4. The number of rotatable bonds is 4. The lowest BCUT2D eigenvalue weighted by atomic mass is 9.73. The highest BCUT2D eigenvalue weighted by molar-refractivity contribution is 6.13. The molecule has 0 aliphatic heterocycles. The number of anilines is 3. The maximum absolute atomic E-state index is 7.08. The van der Waals surface area contributed by atoms with Crippen LogP contribution in [0.1, 0.15) is 48.6 Å². The molecule has 266 valence electrons. The van der Waals surface area contributed by atoms with Crippen LogP contribution < -0.4 is 4.90 Å². The first-order valence-electron chi connectivity index (χ1n) is 19.5. The van der Waals surface area contributed by atoms with Gasteiger partial charge in [-0.15, -0.1) is 0 Å². The molecule has 0 amide bonds. The Hall–Kier alpha value is -6.84. The Labute approximate surface area is 325 Å². The van der Waals surface area contributed by atoms with Crippen molar-refractivity contribution in [2.24, 2.45) is 0 Å². The fraction of sp³-hybridized carbons (Fsp3) is 0.0943. The molecule has 2 aliphatic rings. The van der Waals surface area contributed by atoms with Crippen LogP contribution in [-0.4, -0.2) is 0 Å². The van der Waals surface area contributed by atoms with Crippen LogP contribution in [0.15, 0.2) is 179 Å². The van der Waals surface area contributed by atoms with Gasteiger partial charge in [-0.3, -0.25) is 0 Å². The Morgan fingerprint density at radius 2 is 0.946 bits per heavy atom. The van der Waals surface area contributed by atoms with Crippen molar-refractivity contribution in [1.82, 2.24) is 0 Å². The monoisotopic (exact) mass is 719 g/mol. The molecule has 2 heterocycles. The summed E-state index contributed by atoms with van der Waals surface area (Å²) in [4.78, 5) is 2.36. The average Bonchev–Trinajstić information content (AvgIpc) is 3.95. The number of hydrogen-bond donors (Lipinski definition) is 0. The van der Waals surface area contributed by atoms with E-state index in [2.05, 4.69) is 183 Å². The maximum Gasteiger partial charge on any atom is 0.159 e. The van der Waals surface area contributed by atoms with Crippen molar-refractivity contribution < 1.29 is 8.83 Å². The second kappa shape index (κ2) is 11.1. The molecule has 0 unspecified atom stereocenters. The third kappa shape index (κ3) is 4.07. The third-order valence-corrected chi connectivity index (χ3v) is 12.9. The molecule has 0 bridgehead atoms. The van der Waals surface area contributed by atoms with Crippen molar-refractivity contribution in [3.63, 3.8) is 0 Å². The fourth-order valence-electron chi connectivity index (χ4n) is 10.3. The van der Waals surface area contributed by atoms with Gasteiger partial charge in [-0.2, -0.15) is 0 Å². The molecular weight excluding hydrogens is 683 g/mol. The molecule has 3 nitrogen and oxygen atoms in total. The van der Waals surface area contributed by atoms with Crippen LogP contribution in [0.4, 0.5) is 17.1 Å².